The molecule has 2 heterocycles. The number of aliphatic carboxylic acids is 1. The molecule has 0 unspecified atom stereocenters. The van der Waals surface area contributed by atoms with Crippen LogP contribution in [0.4, 0.5) is 0 Å². The monoisotopic (exact) mass is 469 g/mol. The smallest absolute Gasteiger partial charge is 0.309 e. The molecule has 156 valence electrons. The van der Waals surface area contributed by atoms with Gasteiger partial charge in [-0.3, -0.25) is 9.69 Å². The van der Waals surface area contributed by atoms with Crippen LogP contribution in [0.3, 0.4) is 0 Å². The number of carboxylic acid groups (broad SMARTS) is 1. The molecule has 3 aromatic rings. The van der Waals surface area contributed by atoms with E-state index in [0.717, 1.165) is 27.6 Å². The summed E-state index contributed by atoms with van der Waals surface area (Å²) in [6, 6.07) is 14.2. The Morgan fingerprint density at radius 2 is 1.90 bits per heavy atom. The highest BCUT2D eigenvalue weighted by molar-refractivity contribution is 9.10. The maximum atomic E-state index is 11.0. The van der Waals surface area contributed by atoms with Crippen molar-refractivity contribution in [1.29, 1.82) is 0 Å². The molecule has 0 atom stereocenters. The second-order valence-electron chi connectivity index (χ2n) is 8.25. The predicted molar refractivity (Wildman–Crippen MR) is 118 cm³/mol. The van der Waals surface area contributed by atoms with Crippen LogP contribution in [0.2, 0.25) is 0 Å². The molecule has 2 aromatic carbocycles. The molecular formula is C23H24BrN3O3. The Bertz CT molecular complexity index is 1040. The first kappa shape index (κ1) is 20.8. The Labute approximate surface area is 184 Å². The second kappa shape index (κ2) is 8.70. The number of benzene rings is 2. The summed E-state index contributed by atoms with van der Waals surface area (Å²) in [4.78, 5) is 17.6. The highest BCUT2D eigenvalue weighted by atomic mass is 79.9. The summed E-state index contributed by atoms with van der Waals surface area (Å²) in [5.74, 6) is 0.690. The van der Waals surface area contributed by atoms with Crippen LogP contribution in [0.25, 0.3) is 22.8 Å². The van der Waals surface area contributed by atoms with Gasteiger partial charge in [-0.15, -0.1) is 0 Å². The van der Waals surface area contributed by atoms with Crippen molar-refractivity contribution >= 4 is 21.9 Å². The molecule has 7 heteroatoms. The first-order chi connectivity index (χ1) is 14.4. The maximum Gasteiger partial charge on any atom is 0.309 e. The second-order valence-corrected chi connectivity index (χ2v) is 9.11. The molecule has 6 nitrogen and oxygen atoms in total. The molecule has 30 heavy (non-hydrogen) atoms. The Morgan fingerprint density at radius 1 is 1.20 bits per heavy atom. The summed E-state index contributed by atoms with van der Waals surface area (Å²) in [5.41, 5.74) is 4.17. The van der Waals surface area contributed by atoms with E-state index in [0.29, 0.717) is 37.3 Å². The van der Waals surface area contributed by atoms with Crippen LogP contribution in [-0.2, 0) is 17.8 Å². The fraction of sp³-hybridized carbons (Fsp3) is 0.348. The lowest BCUT2D eigenvalue weighted by Gasteiger charge is -2.36. The zero-order valence-electron chi connectivity index (χ0n) is 17.0. The van der Waals surface area contributed by atoms with Crippen molar-refractivity contribution in [2.75, 3.05) is 13.1 Å². The minimum absolute atomic E-state index is 0.250. The lowest BCUT2D eigenvalue weighted by molar-refractivity contribution is -0.147. The lowest BCUT2D eigenvalue weighted by atomic mass is 9.99. The largest absolute Gasteiger partial charge is 0.481 e. The Hall–Kier alpha value is -2.51. The van der Waals surface area contributed by atoms with Crippen LogP contribution in [-0.4, -0.2) is 39.2 Å². The minimum atomic E-state index is -0.719. The zero-order valence-corrected chi connectivity index (χ0v) is 18.6. The van der Waals surface area contributed by atoms with Gasteiger partial charge in [-0.2, -0.15) is 4.98 Å². The van der Waals surface area contributed by atoms with E-state index >= 15 is 0 Å². The fourth-order valence-corrected chi connectivity index (χ4v) is 4.13. The molecule has 4 rings (SSSR count). The highest BCUT2D eigenvalue weighted by Gasteiger charge is 2.32. The Kier molecular flexibility index (Phi) is 6.01. The van der Waals surface area contributed by atoms with Gasteiger partial charge in [-0.1, -0.05) is 59.2 Å². The summed E-state index contributed by atoms with van der Waals surface area (Å²) in [6.07, 6.45) is 1.05. The van der Waals surface area contributed by atoms with Gasteiger partial charge in [0.1, 0.15) is 0 Å². The van der Waals surface area contributed by atoms with Crippen LogP contribution >= 0.6 is 15.9 Å². The van der Waals surface area contributed by atoms with Gasteiger partial charge < -0.3 is 9.63 Å². The molecule has 1 saturated heterocycles. The molecular weight excluding hydrogens is 446 g/mol. The summed E-state index contributed by atoms with van der Waals surface area (Å²) in [7, 11) is 0. The van der Waals surface area contributed by atoms with E-state index in [2.05, 4.69) is 57.0 Å². The molecule has 1 fully saturated rings. The van der Waals surface area contributed by atoms with Crippen molar-refractivity contribution in [3.8, 4) is 22.8 Å². The standard InChI is InChI=1S/C23H24BrN3O3/c1-14(2)9-15-3-5-16(6-4-15)22-25-21(26-30-22)17-7-8-18(20(24)10-17)11-27-12-19(13-27)23(28)29/h3-8,10,14,19H,9,11-13H2,1-2H3,(H,28,29). The van der Waals surface area contributed by atoms with Gasteiger partial charge >= 0.3 is 5.97 Å². The van der Waals surface area contributed by atoms with Crippen molar-refractivity contribution in [3.05, 3.63) is 58.1 Å². The van der Waals surface area contributed by atoms with Gasteiger partial charge in [0.05, 0.1) is 5.92 Å². The van der Waals surface area contributed by atoms with Crippen molar-refractivity contribution in [2.24, 2.45) is 11.8 Å². The zero-order chi connectivity index (χ0) is 21.3. The summed E-state index contributed by atoms with van der Waals surface area (Å²) < 4.78 is 6.43. The molecule has 1 aliphatic heterocycles. The molecule has 1 aliphatic rings. The molecule has 1 N–H and O–H groups in total. The minimum Gasteiger partial charge on any atom is -0.481 e. The summed E-state index contributed by atoms with van der Waals surface area (Å²) in [5, 5.41) is 13.1. The van der Waals surface area contributed by atoms with Crippen LogP contribution in [0.1, 0.15) is 25.0 Å². The quantitative estimate of drug-likeness (QED) is 0.530. The fourth-order valence-electron chi connectivity index (χ4n) is 3.62. The van der Waals surface area contributed by atoms with E-state index in [9.17, 15) is 4.79 Å². The highest BCUT2D eigenvalue weighted by Crippen LogP contribution is 2.29. The summed E-state index contributed by atoms with van der Waals surface area (Å²) >= 11 is 3.62. The maximum absolute atomic E-state index is 11.0. The number of rotatable bonds is 7. The third kappa shape index (κ3) is 4.63. The third-order valence-electron chi connectivity index (χ3n) is 5.28. The summed E-state index contributed by atoms with van der Waals surface area (Å²) in [6.45, 7) is 6.31. The van der Waals surface area contributed by atoms with E-state index in [1.165, 1.54) is 5.56 Å². The van der Waals surface area contributed by atoms with Gasteiger partial charge in [0.2, 0.25) is 5.82 Å². The Morgan fingerprint density at radius 3 is 2.53 bits per heavy atom. The Balaban J connectivity index is 1.44. The number of carboxylic acids is 1. The average molecular weight is 470 g/mol. The van der Waals surface area contributed by atoms with Gasteiger partial charge in [0.25, 0.3) is 5.89 Å². The van der Waals surface area contributed by atoms with Crippen molar-refractivity contribution < 1.29 is 14.4 Å². The molecule has 1 aromatic heterocycles. The van der Waals surface area contributed by atoms with Gasteiger partial charge in [-0.25, -0.2) is 0 Å². The molecule has 0 saturated carbocycles. The number of hydrogen-bond acceptors (Lipinski definition) is 5. The number of nitrogens with zero attached hydrogens (tertiary/aromatic N) is 3. The van der Waals surface area contributed by atoms with E-state index in [4.69, 9.17) is 9.63 Å². The molecule has 0 spiro atoms. The first-order valence-electron chi connectivity index (χ1n) is 10.1. The van der Waals surface area contributed by atoms with Gasteiger partial charge in [0.15, 0.2) is 0 Å². The predicted octanol–water partition coefficient (Wildman–Crippen LogP) is 4.88. The van der Waals surface area contributed by atoms with E-state index in [1.807, 2.05) is 30.3 Å². The topological polar surface area (TPSA) is 79.5 Å². The molecule has 0 bridgehead atoms. The van der Waals surface area contributed by atoms with E-state index in [1.54, 1.807) is 0 Å². The molecule has 0 amide bonds. The third-order valence-corrected chi connectivity index (χ3v) is 6.02. The SMILES string of the molecule is CC(C)Cc1ccc(-c2nc(-c3ccc(CN4CC(C(=O)O)C4)c(Br)c3)no2)cc1. The number of carbonyl (C=O) groups is 1. The van der Waals surface area contributed by atoms with Crippen molar-refractivity contribution in [3.63, 3.8) is 0 Å². The normalized spacial score (nSPS) is 14.8. The number of halogens is 1. The van der Waals surface area contributed by atoms with Gasteiger partial charge in [-0.05, 0) is 41.7 Å². The van der Waals surface area contributed by atoms with Crippen LogP contribution < -0.4 is 0 Å². The van der Waals surface area contributed by atoms with Crippen LogP contribution in [0, 0.1) is 11.8 Å². The van der Waals surface area contributed by atoms with Crippen molar-refractivity contribution in [2.45, 2.75) is 26.8 Å². The number of likely N-dealkylation sites (tertiary alicyclic amines) is 1. The first-order valence-corrected chi connectivity index (χ1v) is 10.9. The van der Waals surface area contributed by atoms with Crippen LogP contribution in [0.5, 0.6) is 0 Å². The number of aromatic nitrogens is 2. The number of hydrogen-bond donors (Lipinski definition) is 1. The lowest BCUT2D eigenvalue weighted by Crippen LogP contribution is -2.49. The van der Waals surface area contributed by atoms with E-state index < -0.39 is 5.97 Å². The van der Waals surface area contributed by atoms with E-state index in [-0.39, 0.29) is 5.92 Å². The molecule has 0 aliphatic carbocycles. The van der Waals surface area contributed by atoms with Gasteiger partial charge in [0, 0.05) is 35.2 Å². The molecule has 0 radical (unpaired) electrons. The van der Waals surface area contributed by atoms with Crippen molar-refractivity contribution in [1.82, 2.24) is 15.0 Å². The van der Waals surface area contributed by atoms with Crippen LogP contribution in [0.15, 0.2) is 51.5 Å². The average Bonchev–Trinajstić information content (AvgIpc) is 3.15.